The second-order valence-electron chi connectivity index (χ2n) is 5.90. The molecular formula is C16H23BrN2O. The van der Waals surface area contributed by atoms with E-state index in [9.17, 15) is 0 Å². The zero-order valence-electron chi connectivity index (χ0n) is 11.9. The molecule has 1 N–H and O–H groups in total. The molecule has 0 unspecified atom stereocenters. The fourth-order valence-corrected chi connectivity index (χ4v) is 3.83. The van der Waals surface area contributed by atoms with Gasteiger partial charge in [0.05, 0.1) is 0 Å². The van der Waals surface area contributed by atoms with Gasteiger partial charge in [0.1, 0.15) is 12.4 Å². The fourth-order valence-electron chi connectivity index (χ4n) is 3.56. The third kappa shape index (κ3) is 3.18. The average molecular weight is 339 g/mol. The van der Waals surface area contributed by atoms with Crippen molar-refractivity contribution in [3.05, 3.63) is 28.7 Å². The van der Waals surface area contributed by atoms with Crippen LogP contribution >= 0.6 is 15.9 Å². The van der Waals surface area contributed by atoms with Gasteiger partial charge in [-0.1, -0.05) is 28.8 Å². The normalized spacial score (nSPS) is 22.2. The van der Waals surface area contributed by atoms with Gasteiger partial charge >= 0.3 is 0 Å². The zero-order valence-corrected chi connectivity index (χ0v) is 13.5. The van der Waals surface area contributed by atoms with Gasteiger partial charge in [0.15, 0.2) is 0 Å². The molecule has 0 amide bonds. The number of piperazine rings is 1. The van der Waals surface area contributed by atoms with Gasteiger partial charge < -0.3 is 10.1 Å². The molecule has 1 spiro atoms. The number of nitrogens with one attached hydrogen (secondary N) is 1. The maximum Gasteiger partial charge on any atom is 0.119 e. The molecular weight excluding hydrogens is 316 g/mol. The number of hydrogen-bond acceptors (Lipinski definition) is 3. The van der Waals surface area contributed by atoms with Crippen LogP contribution in [0.3, 0.4) is 0 Å². The van der Waals surface area contributed by atoms with E-state index in [0.29, 0.717) is 5.54 Å². The molecule has 0 aromatic heterocycles. The fraction of sp³-hybridized carbons (Fsp3) is 0.625. The topological polar surface area (TPSA) is 24.5 Å². The SMILES string of the molecule is Brc1ccc(OCCN2CCNCC23CCCC3)cc1. The summed E-state index contributed by atoms with van der Waals surface area (Å²) in [5.74, 6) is 0.962. The van der Waals surface area contributed by atoms with E-state index in [1.807, 2.05) is 24.3 Å². The van der Waals surface area contributed by atoms with Gasteiger partial charge in [-0.15, -0.1) is 0 Å². The van der Waals surface area contributed by atoms with E-state index in [2.05, 4.69) is 26.1 Å². The summed E-state index contributed by atoms with van der Waals surface area (Å²) in [5.41, 5.74) is 0.418. The molecule has 1 aliphatic heterocycles. The first-order valence-corrected chi connectivity index (χ1v) is 8.42. The Morgan fingerprint density at radius 2 is 1.95 bits per heavy atom. The molecule has 110 valence electrons. The van der Waals surface area contributed by atoms with Gasteiger partial charge in [0.25, 0.3) is 0 Å². The number of hydrogen-bond donors (Lipinski definition) is 1. The summed E-state index contributed by atoms with van der Waals surface area (Å²) < 4.78 is 6.98. The predicted molar refractivity (Wildman–Crippen MR) is 85.3 cm³/mol. The highest BCUT2D eigenvalue weighted by molar-refractivity contribution is 9.10. The standard InChI is InChI=1S/C16H23BrN2O/c17-14-3-5-15(6-4-14)20-12-11-19-10-9-18-13-16(19)7-1-2-8-16/h3-6,18H,1-2,7-13H2. The van der Waals surface area contributed by atoms with Gasteiger partial charge in [-0.3, -0.25) is 4.90 Å². The van der Waals surface area contributed by atoms with E-state index in [0.717, 1.165) is 43.0 Å². The van der Waals surface area contributed by atoms with E-state index < -0.39 is 0 Å². The van der Waals surface area contributed by atoms with Crippen LogP contribution in [-0.4, -0.2) is 43.2 Å². The molecule has 2 fully saturated rings. The first-order chi connectivity index (χ1) is 9.78. The molecule has 1 aromatic carbocycles. The smallest absolute Gasteiger partial charge is 0.119 e. The van der Waals surface area contributed by atoms with Gasteiger partial charge in [-0.2, -0.15) is 0 Å². The molecule has 2 aliphatic rings. The van der Waals surface area contributed by atoms with Crippen molar-refractivity contribution in [3.63, 3.8) is 0 Å². The molecule has 20 heavy (non-hydrogen) atoms. The predicted octanol–water partition coefficient (Wildman–Crippen LogP) is 3.05. The second kappa shape index (κ2) is 6.46. The Hall–Kier alpha value is -0.580. The van der Waals surface area contributed by atoms with Gasteiger partial charge in [0, 0.05) is 36.2 Å². The van der Waals surface area contributed by atoms with Crippen LogP contribution in [0.4, 0.5) is 0 Å². The highest BCUT2D eigenvalue weighted by Crippen LogP contribution is 2.35. The Kier molecular flexibility index (Phi) is 4.64. The van der Waals surface area contributed by atoms with E-state index in [4.69, 9.17) is 4.74 Å². The van der Waals surface area contributed by atoms with Crippen LogP contribution in [0.5, 0.6) is 5.75 Å². The maximum atomic E-state index is 5.88. The quantitative estimate of drug-likeness (QED) is 0.913. The molecule has 1 saturated heterocycles. The Balaban J connectivity index is 1.53. The lowest BCUT2D eigenvalue weighted by Gasteiger charge is -2.45. The van der Waals surface area contributed by atoms with Crippen LogP contribution in [0.2, 0.25) is 0 Å². The monoisotopic (exact) mass is 338 g/mol. The molecule has 3 rings (SSSR count). The molecule has 0 bridgehead atoms. The summed E-state index contributed by atoms with van der Waals surface area (Å²) in [7, 11) is 0. The van der Waals surface area contributed by atoms with Crippen LogP contribution in [0.15, 0.2) is 28.7 Å². The summed E-state index contributed by atoms with van der Waals surface area (Å²) in [4.78, 5) is 2.66. The van der Waals surface area contributed by atoms with E-state index >= 15 is 0 Å². The number of nitrogens with zero attached hydrogens (tertiary/aromatic N) is 1. The summed E-state index contributed by atoms with van der Waals surface area (Å²) in [5, 5.41) is 3.57. The van der Waals surface area contributed by atoms with Crippen molar-refractivity contribution in [1.82, 2.24) is 10.2 Å². The first-order valence-electron chi connectivity index (χ1n) is 7.63. The minimum Gasteiger partial charge on any atom is -0.492 e. The summed E-state index contributed by atoms with van der Waals surface area (Å²) in [6.45, 7) is 5.25. The summed E-state index contributed by atoms with van der Waals surface area (Å²) >= 11 is 3.45. The van der Waals surface area contributed by atoms with Crippen LogP contribution < -0.4 is 10.1 Å². The molecule has 3 nitrogen and oxygen atoms in total. The molecule has 0 atom stereocenters. The van der Waals surface area contributed by atoms with Crippen molar-refractivity contribution in [2.45, 2.75) is 31.2 Å². The van der Waals surface area contributed by atoms with Gasteiger partial charge in [-0.05, 0) is 37.1 Å². The Labute approximate surface area is 129 Å². The van der Waals surface area contributed by atoms with Crippen molar-refractivity contribution < 1.29 is 4.74 Å². The average Bonchev–Trinajstić information content (AvgIpc) is 2.92. The van der Waals surface area contributed by atoms with Crippen molar-refractivity contribution in [2.75, 3.05) is 32.8 Å². The lowest BCUT2D eigenvalue weighted by molar-refractivity contribution is 0.0516. The van der Waals surface area contributed by atoms with Gasteiger partial charge in [-0.25, -0.2) is 0 Å². The number of benzene rings is 1. The Morgan fingerprint density at radius 3 is 2.70 bits per heavy atom. The molecule has 0 radical (unpaired) electrons. The molecule has 1 saturated carbocycles. The summed E-state index contributed by atoms with van der Waals surface area (Å²) in [6.07, 6.45) is 5.45. The van der Waals surface area contributed by atoms with E-state index in [-0.39, 0.29) is 0 Å². The number of halogens is 1. The first kappa shape index (κ1) is 14.4. The summed E-state index contributed by atoms with van der Waals surface area (Å²) in [6, 6.07) is 8.09. The van der Waals surface area contributed by atoms with Crippen LogP contribution in [0.25, 0.3) is 0 Å². The largest absolute Gasteiger partial charge is 0.492 e. The Morgan fingerprint density at radius 1 is 1.20 bits per heavy atom. The Bertz CT molecular complexity index is 429. The lowest BCUT2D eigenvalue weighted by Crippen LogP contribution is -2.60. The third-order valence-electron chi connectivity index (χ3n) is 4.66. The van der Waals surface area contributed by atoms with Crippen LogP contribution in [0.1, 0.15) is 25.7 Å². The highest BCUT2D eigenvalue weighted by atomic mass is 79.9. The molecule has 1 heterocycles. The van der Waals surface area contributed by atoms with E-state index in [1.54, 1.807) is 0 Å². The van der Waals surface area contributed by atoms with Gasteiger partial charge in [0.2, 0.25) is 0 Å². The molecule has 1 aliphatic carbocycles. The third-order valence-corrected chi connectivity index (χ3v) is 5.19. The zero-order chi connectivity index (χ0) is 13.8. The lowest BCUT2D eigenvalue weighted by atomic mass is 9.93. The van der Waals surface area contributed by atoms with Crippen molar-refractivity contribution in [1.29, 1.82) is 0 Å². The number of ether oxygens (including phenoxy) is 1. The highest BCUT2D eigenvalue weighted by Gasteiger charge is 2.40. The van der Waals surface area contributed by atoms with Crippen molar-refractivity contribution >= 4 is 15.9 Å². The number of rotatable bonds is 4. The van der Waals surface area contributed by atoms with Crippen LogP contribution in [0, 0.1) is 0 Å². The van der Waals surface area contributed by atoms with Crippen molar-refractivity contribution in [3.8, 4) is 5.75 Å². The minimum absolute atomic E-state index is 0.418. The van der Waals surface area contributed by atoms with Crippen molar-refractivity contribution in [2.24, 2.45) is 0 Å². The molecule has 1 aromatic rings. The molecule has 4 heteroatoms. The second-order valence-corrected chi connectivity index (χ2v) is 6.81. The van der Waals surface area contributed by atoms with E-state index in [1.165, 1.54) is 25.7 Å². The minimum atomic E-state index is 0.418. The maximum absolute atomic E-state index is 5.88. The van der Waals surface area contributed by atoms with Crippen LogP contribution in [-0.2, 0) is 0 Å².